The third kappa shape index (κ3) is 5.50. The Bertz CT molecular complexity index is 1060. The highest BCUT2D eigenvalue weighted by atomic mass is 32.2. The zero-order valence-corrected chi connectivity index (χ0v) is 20.3. The Hall–Kier alpha value is -3.13. The molecule has 8 heteroatoms. The van der Waals surface area contributed by atoms with Gasteiger partial charge in [0.1, 0.15) is 0 Å². The van der Waals surface area contributed by atoms with Crippen LogP contribution >= 0.6 is 11.8 Å². The van der Waals surface area contributed by atoms with Crippen LogP contribution in [0.5, 0.6) is 11.5 Å². The molecule has 2 amide bonds. The fourth-order valence-electron chi connectivity index (χ4n) is 4.56. The summed E-state index contributed by atoms with van der Waals surface area (Å²) in [5.41, 5.74) is 6.80. The first-order valence-electron chi connectivity index (χ1n) is 11.6. The van der Waals surface area contributed by atoms with Crippen molar-refractivity contribution in [2.45, 2.75) is 44.1 Å². The standard InChI is InChI=1S/C26H31N3O4S/c1-17-8-6-7-11-20(17)29-25(31)23(34-26(29)28-19-9-4-3-5-10-19)15-18-12-13-21(22(14-18)32-2)33-16-24(27)30/h3-5,9-10,12-15,17,20,26,28H,6-8,11,16H2,1-2H3,(H2,27,30)/b23-15-/t17-,20-,26?/m0/s1. The molecule has 0 radical (unpaired) electrons. The van der Waals surface area contributed by atoms with Gasteiger partial charge in [0.25, 0.3) is 11.8 Å². The Morgan fingerprint density at radius 3 is 2.65 bits per heavy atom. The quantitative estimate of drug-likeness (QED) is 0.541. The molecule has 2 aromatic carbocycles. The van der Waals surface area contributed by atoms with Crippen molar-refractivity contribution < 1.29 is 19.1 Å². The van der Waals surface area contributed by atoms with E-state index in [0.29, 0.717) is 22.3 Å². The van der Waals surface area contributed by atoms with Crippen LogP contribution in [-0.4, -0.2) is 42.0 Å². The molecule has 4 rings (SSSR count). The second kappa shape index (κ2) is 10.9. The molecule has 0 bridgehead atoms. The molecule has 2 aliphatic rings. The summed E-state index contributed by atoms with van der Waals surface area (Å²) in [4.78, 5) is 27.4. The fraction of sp³-hybridized carbons (Fsp3) is 0.385. The average molecular weight is 482 g/mol. The fourth-order valence-corrected chi connectivity index (χ4v) is 5.77. The van der Waals surface area contributed by atoms with Gasteiger partial charge in [-0.15, -0.1) is 0 Å². The lowest BCUT2D eigenvalue weighted by Gasteiger charge is -2.39. The molecule has 0 aromatic heterocycles. The molecule has 1 saturated carbocycles. The number of nitrogens with two attached hydrogens (primary N) is 1. The molecule has 3 N–H and O–H groups in total. The normalized spacial score (nSPS) is 23.7. The maximum absolute atomic E-state index is 13.6. The molecule has 1 saturated heterocycles. The number of nitrogens with zero attached hydrogens (tertiary/aromatic N) is 1. The van der Waals surface area contributed by atoms with Gasteiger partial charge in [-0.05, 0) is 54.7 Å². The number of benzene rings is 2. The van der Waals surface area contributed by atoms with Gasteiger partial charge in [0.2, 0.25) is 0 Å². The van der Waals surface area contributed by atoms with Gasteiger partial charge in [0.15, 0.2) is 23.6 Å². The third-order valence-electron chi connectivity index (χ3n) is 6.28. The van der Waals surface area contributed by atoms with Crippen LogP contribution < -0.4 is 20.5 Å². The van der Waals surface area contributed by atoms with Crippen LogP contribution in [0.3, 0.4) is 0 Å². The number of primary amides is 1. The lowest BCUT2D eigenvalue weighted by molar-refractivity contribution is -0.129. The molecule has 7 nitrogen and oxygen atoms in total. The van der Waals surface area contributed by atoms with Crippen molar-refractivity contribution in [1.82, 2.24) is 4.90 Å². The number of carbonyl (C=O) groups excluding carboxylic acids is 2. The van der Waals surface area contributed by atoms with Gasteiger partial charge in [0, 0.05) is 11.7 Å². The predicted molar refractivity (Wildman–Crippen MR) is 135 cm³/mol. The number of rotatable bonds is 8. The summed E-state index contributed by atoms with van der Waals surface area (Å²) >= 11 is 1.54. The van der Waals surface area contributed by atoms with Crippen LogP contribution in [0.1, 0.15) is 38.2 Å². The van der Waals surface area contributed by atoms with Crippen LogP contribution in [-0.2, 0) is 9.59 Å². The van der Waals surface area contributed by atoms with Crippen molar-refractivity contribution in [3.05, 3.63) is 59.0 Å². The molecule has 1 aliphatic heterocycles. The Labute approximate surface area is 204 Å². The molecular formula is C26H31N3O4S. The largest absolute Gasteiger partial charge is 0.493 e. The SMILES string of the molecule is COc1cc(/C=C2\SC(Nc3ccccc3)N([C@H]3CCCC[C@@H]3C)C2=O)ccc1OCC(N)=O. The van der Waals surface area contributed by atoms with E-state index in [4.69, 9.17) is 15.2 Å². The van der Waals surface area contributed by atoms with Crippen molar-refractivity contribution in [1.29, 1.82) is 0 Å². The Morgan fingerprint density at radius 1 is 1.18 bits per heavy atom. The summed E-state index contributed by atoms with van der Waals surface area (Å²) in [5, 5.41) is 3.55. The van der Waals surface area contributed by atoms with Gasteiger partial charge in [-0.1, -0.05) is 55.8 Å². The molecule has 3 atom stereocenters. The zero-order chi connectivity index (χ0) is 24.1. The van der Waals surface area contributed by atoms with Crippen molar-refractivity contribution in [3.63, 3.8) is 0 Å². The Kier molecular flexibility index (Phi) is 7.67. The summed E-state index contributed by atoms with van der Waals surface area (Å²) in [6.07, 6.45) is 6.41. The van der Waals surface area contributed by atoms with Gasteiger partial charge in [-0.25, -0.2) is 0 Å². The third-order valence-corrected chi connectivity index (χ3v) is 7.39. The minimum atomic E-state index is -0.560. The Balaban J connectivity index is 1.61. The van der Waals surface area contributed by atoms with E-state index in [2.05, 4.69) is 12.2 Å². The number of anilines is 1. The molecule has 1 unspecified atom stereocenters. The van der Waals surface area contributed by atoms with Crippen LogP contribution in [0.25, 0.3) is 6.08 Å². The minimum Gasteiger partial charge on any atom is -0.493 e. The van der Waals surface area contributed by atoms with Gasteiger partial charge in [-0.2, -0.15) is 0 Å². The highest BCUT2D eigenvalue weighted by molar-refractivity contribution is 8.05. The van der Waals surface area contributed by atoms with Crippen LogP contribution in [0, 0.1) is 5.92 Å². The second-order valence-corrected chi connectivity index (χ2v) is 9.82. The number of nitrogens with one attached hydrogen (secondary N) is 1. The van der Waals surface area contributed by atoms with E-state index in [1.54, 1.807) is 12.1 Å². The van der Waals surface area contributed by atoms with E-state index in [1.165, 1.54) is 25.3 Å². The monoisotopic (exact) mass is 481 g/mol. The first-order chi connectivity index (χ1) is 16.5. The number of hydrogen-bond donors (Lipinski definition) is 2. The number of carbonyl (C=O) groups is 2. The maximum atomic E-state index is 13.6. The second-order valence-electron chi connectivity index (χ2n) is 8.70. The molecule has 0 spiro atoms. The van der Waals surface area contributed by atoms with Crippen molar-refractivity contribution >= 4 is 35.3 Å². The highest BCUT2D eigenvalue weighted by Crippen LogP contribution is 2.42. The van der Waals surface area contributed by atoms with E-state index in [1.807, 2.05) is 47.4 Å². The molecule has 1 aliphatic carbocycles. The predicted octanol–water partition coefficient (Wildman–Crippen LogP) is 4.45. The van der Waals surface area contributed by atoms with Gasteiger partial charge < -0.3 is 25.4 Å². The lowest BCUT2D eigenvalue weighted by Crippen LogP contribution is -2.48. The molecule has 1 heterocycles. The summed E-state index contributed by atoms with van der Waals surface area (Å²) in [7, 11) is 1.53. The van der Waals surface area contributed by atoms with Crippen LogP contribution in [0.4, 0.5) is 5.69 Å². The number of hydrogen-bond acceptors (Lipinski definition) is 6. The summed E-state index contributed by atoms with van der Waals surface area (Å²) in [6, 6.07) is 15.6. The molecular weight excluding hydrogens is 450 g/mol. The molecule has 180 valence electrons. The van der Waals surface area contributed by atoms with E-state index in [-0.39, 0.29) is 24.1 Å². The zero-order valence-electron chi connectivity index (χ0n) is 19.5. The molecule has 2 fully saturated rings. The van der Waals surface area contributed by atoms with Crippen molar-refractivity contribution in [2.75, 3.05) is 19.0 Å². The number of methoxy groups -OCH3 is 1. The van der Waals surface area contributed by atoms with Gasteiger partial charge >= 0.3 is 0 Å². The van der Waals surface area contributed by atoms with E-state index in [9.17, 15) is 9.59 Å². The van der Waals surface area contributed by atoms with Gasteiger partial charge in [-0.3, -0.25) is 9.59 Å². The first-order valence-corrected chi connectivity index (χ1v) is 12.5. The van der Waals surface area contributed by atoms with E-state index < -0.39 is 5.91 Å². The van der Waals surface area contributed by atoms with E-state index >= 15 is 0 Å². The number of para-hydroxylation sites is 1. The number of amides is 2. The summed E-state index contributed by atoms with van der Waals surface area (Å²) < 4.78 is 10.8. The molecule has 34 heavy (non-hydrogen) atoms. The average Bonchev–Trinajstić information content (AvgIpc) is 3.13. The number of ether oxygens (including phenoxy) is 2. The first kappa shape index (κ1) is 24.0. The summed E-state index contributed by atoms with van der Waals surface area (Å²) in [6.45, 7) is 2.02. The topological polar surface area (TPSA) is 93.9 Å². The minimum absolute atomic E-state index is 0.0465. The lowest BCUT2D eigenvalue weighted by atomic mass is 9.85. The molecule has 2 aromatic rings. The van der Waals surface area contributed by atoms with Gasteiger partial charge in [0.05, 0.1) is 12.0 Å². The maximum Gasteiger partial charge on any atom is 0.262 e. The summed E-state index contributed by atoms with van der Waals surface area (Å²) in [5.74, 6) is 0.845. The Morgan fingerprint density at radius 2 is 1.94 bits per heavy atom. The number of thioether (sulfide) groups is 1. The van der Waals surface area contributed by atoms with E-state index in [0.717, 1.165) is 30.5 Å². The highest BCUT2D eigenvalue weighted by Gasteiger charge is 2.42. The van der Waals surface area contributed by atoms with Crippen LogP contribution in [0.2, 0.25) is 0 Å². The van der Waals surface area contributed by atoms with Crippen molar-refractivity contribution in [3.8, 4) is 11.5 Å². The van der Waals surface area contributed by atoms with Crippen LogP contribution in [0.15, 0.2) is 53.4 Å². The van der Waals surface area contributed by atoms with Crippen molar-refractivity contribution in [2.24, 2.45) is 11.7 Å². The smallest absolute Gasteiger partial charge is 0.262 e.